The van der Waals surface area contributed by atoms with Gasteiger partial charge in [-0.15, -0.1) is 0 Å². The molecule has 1 aliphatic rings. The van der Waals surface area contributed by atoms with Crippen LogP contribution in [0.1, 0.15) is 52.4 Å². The van der Waals surface area contributed by atoms with E-state index in [1.54, 1.807) is 0 Å². The van der Waals surface area contributed by atoms with Crippen molar-refractivity contribution in [1.82, 2.24) is 5.32 Å². The van der Waals surface area contributed by atoms with Crippen LogP contribution in [0.4, 0.5) is 0 Å². The second-order valence-corrected chi connectivity index (χ2v) is 4.44. The van der Waals surface area contributed by atoms with Crippen LogP contribution in [0.5, 0.6) is 0 Å². The number of rotatable bonds is 6. The Balaban J connectivity index is 2.15. The Hall–Kier alpha value is -0.0400. The molecule has 0 radical (unpaired) electrons. The molecular formula is C12H25N. The Morgan fingerprint density at radius 1 is 1.08 bits per heavy atom. The molecule has 0 bridgehead atoms. The molecule has 1 heteroatoms. The molecule has 13 heavy (non-hydrogen) atoms. The molecule has 1 nitrogen and oxygen atoms in total. The minimum absolute atomic E-state index is 0.992. The lowest BCUT2D eigenvalue weighted by Crippen LogP contribution is -2.25. The van der Waals surface area contributed by atoms with Crippen molar-refractivity contribution in [2.24, 2.45) is 11.8 Å². The highest BCUT2D eigenvalue weighted by Gasteiger charge is 2.25. The summed E-state index contributed by atoms with van der Waals surface area (Å²) in [6.45, 7) is 7.04. The number of hydrogen-bond donors (Lipinski definition) is 1. The fourth-order valence-corrected chi connectivity index (χ4v) is 2.60. The molecule has 1 fully saturated rings. The van der Waals surface area contributed by atoms with Crippen LogP contribution in [-0.2, 0) is 0 Å². The maximum absolute atomic E-state index is 3.57. The predicted octanol–water partition coefficient (Wildman–Crippen LogP) is 3.20. The summed E-state index contributed by atoms with van der Waals surface area (Å²) >= 11 is 0. The minimum Gasteiger partial charge on any atom is -0.316 e. The molecule has 0 aromatic carbocycles. The van der Waals surface area contributed by atoms with E-state index in [1.807, 2.05) is 0 Å². The van der Waals surface area contributed by atoms with Gasteiger partial charge in [0.05, 0.1) is 0 Å². The topological polar surface area (TPSA) is 12.0 Å². The van der Waals surface area contributed by atoms with Gasteiger partial charge in [-0.2, -0.15) is 0 Å². The molecule has 2 unspecified atom stereocenters. The van der Waals surface area contributed by atoms with Crippen molar-refractivity contribution in [3.8, 4) is 0 Å². The van der Waals surface area contributed by atoms with Gasteiger partial charge in [-0.25, -0.2) is 0 Å². The van der Waals surface area contributed by atoms with Gasteiger partial charge in [0, 0.05) is 0 Å². The zero-order valence-electron chi connectivity index (χ0n) is 9.31. The van der Waals surface area contributed by atoms with Gasteiger partial charge in [0.15, 0.2) is 0 Å². The Morgan fingerprint density at radius 2 is 1.85 bits per heavy atom. The first-order valence-corrected chi connectivity index (χ1v) is 6.09. The Kier molecular flexibility index (Phi) is 5.45. The molecule has 2 atom stereocenters. The monoisotopic (exact) mass is 183 g/mol. The lowest BCUT2D eigenvalue weighted by atomic mass is 9.92. The van der Waals surface area contributed by atoms with E-state index >= 15 is 0 Å². The van der Waals surface area contributed by atoms with Crippen molar-refractivity contribution in [3.63, 3.8) is 0 Å². The molecule has 1 saturated carbocycles. The molecule has 1 N–H and O–H groups in total. The molecular weight excluding hydrogens is 158 g/mol. The second kappa shape index (κ2) is 6.42. The summed E-state index contributed by atoms with van der Waals surface area (Å²) in [5.74, 6) is 2.03. The molecule has 0 saturated heterocycles. The van der Waals surface area contributed by atoms with Gasteiger partial charge in [-0.3, -0.25) is 0 Å². The van der Waals surface area contributed by atoms with Gasteiger partial charge in [0.2, 0.25) is 0 Å². The van der Waals surface area contributed by atoms with Crippen LogP contribution in [0.3, 0.4) is 0 Å². The van der Waals surface area contributed by atoms with E-state index in [0.29, 0.717) is 0 Å². The van der Waals surface area contributed by atoms with E-state index in [0.717, 1.165) is 11.8 Å². The zero-order chi connectivity index (χ0) is 9.52. The van der Waals surface area contributed by atoms with E-state index < -0.39 is 0 Å². The predicted molar refractivity (Wildman–Crippen MR) is 58.9 cm³/mol. The van der Waals surface area contributed by atoms with Crippen molar-refractivity contribution in [1.29, 1.82) is 0 Å². The summed E-state index contributed by atoms with van der Waals surface area (Å²) in [7, 11) is 0. The fraction of sp³-hybridized carbons (Fsp3) is 1.00. The van der Waals surface area contributed by atoms with Gasteiger partial charge < -0.3 is 5.32 Å². The number of nitrogens with one attached hydrogen (secondary N) is 1. The minimum atomic E-state index is 0.992. The summed E-state index contributed by atoms with van der Waals surface area (Å²) in [5.41, 5.74) is 0. The molecule has 1 aliphatic carbocycles. The smallest absolute Gasteiger partial charge is 0.00179 e. The number of hydrogen-bond acceptors (Lipinski definition) is 1. The van der Waals surface area contributed by atoms with Crippen molar-refractivity contribution in [3.05, 3.63) is 0 Å². The first-order chi connectivity index (χ1) is 6.38. The van der Waals surface area contributed by atoms with Crippen LogP contribution in [0.2, 0.25) is 0 Å². The normalized spacial score (nSPS) is 28.2. The third kappa shape index (κ3) is 3.68. The van der Waals surface area contributed by atoms with Crippen molar-refractivity contribution >= 4 is 0 Å². The Bertz CT molecular complexity index is 122. The molecule has 1 rings (SSSR count). The van der Waals surface area contributed by atoms with E-state index in [4.69, 9.17) is 0 Å². The van der Waals surface area contributed by atoms with Crippen LogP contribution in [0.15, 0.2) is 0 Å². The summed E-state index contributed by atoms with van der Waals surface area (Å²) in [4.78, 5) is 0. The highest BCUT2D eigenvalue weighted by Crippen LogP contribution is 2.34. The molecule has 0 amide bonds. The highest BCUT2D eigenvalue weighted by atomic mass is 14.9. The lowest BCUT2D eigenvalue weighted by Gasteiger charge is -2.19. The zero-order valence-corrected chi connectivity index (χ0v) is 9.31. The largest absolute Gasteiger partial charge is 0.316 e. The third-order valence-electron chi connectivity index (χ3n) is 3.31. The average Bonchev–Trinajstić information content (AvgIpc) is 2.54. The average molecular weight is 183 g/mol. The van der Waals surface area contributed by atoms with Crippen molar-refractivity contribution in [2.45, 2.75) is 52.4 Å². The van der Waals surface area contributed by atoms with Crippen LogP contribution in [0, 0.1) is 11.8 Å². The van der Waals surface area contributed by atoms with Crippen LogP contribution >= 0.6 is 0 Å². The second-order valence-electron chi connectivity index (χ2n) is 4.44. The first kappa shape index (κ1) is 11.0. The van der Waals surface area contributed by atoms with Gasteiger partial charge in [-0.05, 0) is 37.8 Å². The summed E-state index contributed by atoms with van der Waals surface area (Å²) in [5, 5.41) is 3.57. The quantitative estimate of drug-likeness (QED) is 0.624. The molecule has 0 heterocycles. The molecule has 0 aliphatic heterocycles. The maximum Gasteiger partial charge on any atom is -0.00179 e. The standard InChI is InChI=1S/C12H25N/c1-3-6-11-7-5-8-12(11)10-13-9-4-2/h11-13H,3-10H2,1-2H3. The van der Waals surface area contributed by atoms with Gasteiger partial charge >= 0.3 is 0 Å². The molecule has 78 valence electrons. The lowest BCUT2D eigenvalue weighted by molar-refractivity contribution is 0.345. The van der Waals surface area contributed by atoms with Crippen LogP contribution in [0.25, 0.3) is 0 Å². The van der Waals surface area contributed by atoms with Crippen LogP contribution in [-0.4, -0.2) is 13.1 Å². The summed E-state index contributed by atoms with van der Waals surface area (Å²) in [6.07, 6.45) is 8.54. The van der Waals surface area contributed by atoms with E-state index in [9.17, 15) is 0 Å². The van der Waals surface area contributed by atoms with E-state index in [-0.39, 0.29) is 0 Å². The highest BCUT2D eigenvalue weighted by molar-refractivity contribution is 4.78. The first-order valence-electron chi connectivity index (χ1n) is 6.09. The van der Waals surface area contributed by atoms with E-state index in [1.165, 1.54) is 51.6 Å². The van der Waals surface area contributed by atoms with Gasteiger partial charge in [0.1, 0.15) is 0 Å². The van der Waals surface area contributed by atoms with Crippen molar-refractivity contribution < 1.29 is 0 Å². The molecule has 0 aromatic heterocycles. The fourth-order valence-electron chi connectivity index (χ4n) is 2.60. The third-order valence-corrected chi connectivity index (χ3v) is 3.31. The maximum atomic E-state index is 3.57. The Morgan fingerprint density at radius 3 is 2.54 bits per heavy atom. The molecule has 0 spiro atoms. The van der Waals surface area contributed by atoms with Crippen LogP contribution < -0.4 is 5.32 Å². The SMILES string of the molecule is CCCNCC1CCCC1CCC. The molecule has 0 aromatic rings. The summed E-state index contributed by atoms with van der Waals surface area (Å²) < 4.78 is 0. The van der Waals surface area contributed by atoms with Crippen molar-refractivity contribution in [2.75, 3.05) is 13.1 Å². The van der Waals surface area contributed by atoms with Gasteiger partial charge in [0.25, 0.3) is 0 Å². The van der Waals surface area contributed by atoms with E-state index in [2.05, 4.69) is 19.2 Å². The Labute approximate surface area is 83.3 Å². The van der Waals surface area contributed by atoms with Gasteiger partial charge in [-0.1, -0.05) is 39.5 Å². The summed E-state index contributed by atoms with van der Waals surface area (Å²) in [6, 6.07) is 0.